The molecule has 92 valence electrons. The molecule has 1 aliphatic rings. The van der Waals surface area contributed by atoms with E-state index in [2.05, 4.69) is 11.6 Å². The fraction of sp³-hybridized carbons (Fsp3) is 0.500. The zero-order chi connectivity index (χ0) is 12.1. The molecule has 1 fully saturated rings. The first-order valence-electron chi connectivity index (χ1n) is 5.86. The van der Waals surface area contributed by atoms with Gasteiger partial charge in [-0.25, -0.2) is 9.63 Å². The second-order valence-corrected chi connectivity index (χ2v) is 4.01. The van der Waals surface area contributed by atoms with E-state index in [0.29, 0.717) is 12.5 Å². The third kappa shape index (κ3) is 2.74. The van der Waals surface area contributed by atoms with E-state index < -0.39 is 0 Å². The molecule has 0 aromatic carbocycles. The average molecular weight is 235 g/mol. The molecule has 1 atom stereocenters. The van der Waals surface area contributed by atoms with Gasteiger partial charge in [-0.1, -0.05) is 17.6 Å². The number of nitrogens with zero attached hydrogens (tertiary/aromatic N) is 3. The van der Waals surface area contributed by atoms with Gasteiger partial charge in [-0.3, -0.25) is 0 Å². The Morgan fingerprint density at radius 1 is 1.65 bits per heavy atom. The molecule has 1 aromatic rings. The minimum atomic E-state index is -0.0724. The van der Waals surface area contributed by atoms with Crippen LogP contribution in [0.5, 0.6) is 0 Å². The molecule has 0 spiro atoms. The van der Waals surface area contributed by atoms with Gasteiger partial charge in [0, 0.05) is 12.5 Å². The number of aromatic nitrogens is 2. The molecule has 1 aliphatic heterocycles. The van der Waals surface area contributed by atoms with Crippen LogP contribution >= 0.6 is 0 Å². The van der Waals surface area contributed by atoms with Crippen molar-refractivity contribution in [2.24, 2.45) is 0 Å². The van der Waals surface area contributed by atoms with E-state index in [1.54, 1.807) is 18.3 Å². The first-order chi connectivity index (χ1) is 8.33. The summed E-state index contributed by atoms with van der Waals surface area (Å²) >= 11 is 0. The Balaban J connectivity index is 2.21. The Morgan fingerprint density at radius 2 is 2.53 bits per heavy atom. The van der Waals surface area contributed by atoms with E-state index >= 15 is 0 Å². The summed E-state index contributed by atoms with van der Waals surface area (Å²) in [5, 5.41) is 11.7. The van der Waals surface area contributed by atoms with Crippen molar-refractivity contribution >= 4 is 5.95 Å². The fourth-order valence-corrected chi connectivity index (χ4v) is 1.99. The zero-order valence-corrected chi connectivity index (χ0v) is 9.79. The topological polar surface area (TPSA) is 52.3 Å². The summed E-state index contributed by atoms with van der Waals surface area (Å²) in [6.45, 7) is 5.01. The highest BCUT2D eigenvalue weighted by atomic mass is 16.5. The molecule has 1 aromatic heterocycles. The largest absolute Gasteiger partial charge is 0.740 e. The van der Waals surface area contributed by atoms with Crippen LogP contribution in [0.15, 0.2) is 31.1 Å². The number of hydrogen-bond acceptors (Lipinski definition) is 4. The van der Waals surface area contributed by atoms with Gasteiger partial charge < -0.3 is 9.94 Å². The predicted octanol–water partition coefficient (Wildman–Crippen LogP) is 1.23. The lowest BCUT2D eigenvalue weighted by atomic mass is 10.1. The Kier molecular flexibility index (Phi) is 3.93. The van der Waals surface area contributed by atoms with E-state index in [1.807, 2.05) is 4.90 Å². The predicted molar refractivity (Wildman–Crippen MR) is 64.3 cm³/mol. The highest BCUT2D eigenvalue weighted by Crippen LogP contribution is 2.19. The van der Waals surface area contributed by atoms with E-state index in [-0.39, 0.29) is 6.23 Å². The minimum Gasteiger partial charge on any atom is -0.740 e. The van der Waals surface area contributed by atoms with Crippen molar-refractivity contribution < 1.29 is 9.47 Å². The fourth-order valence-electron chi connectivity index (χ4n) is 1.99. The molecule has 2 rings (SSSR count). The van der Waals surface area contributed by atoms with Crippen molar-refractivity contribution in [2.45, 2.75) is 25.5 Å². The quantitative estimate of drug-likeness (QED) is 0.447. The van der Waals surface area contributed by atoms with E-state index in [0.717, 1.165) is 30.6 Å². The molecule has 0 saturated carbocycles. The smallest absolute Gasteiger partial charge is 0.396 e. The van der Waals surface area contributed by atoms with Crippen molar-refractivity contribution in [1.82, 2.24) is 4.98 Å². The van der Waals surface area contributed by atoms with Gasteiger partial charge in [-0.05, 0) is 12.8 Å². The first-order valence-corrected chi connectivity index (χ1v) is 5.86. The lowest BCUT2D eigenvalue weighted by Gasteiger charge is -2.30. The Morgan fingerprint density at radius 3 is 3.18 bits per heavy atom. The molecular formula is C12H17N3O2. The Labute approximate surface area is 101 Å². The van der Waals surface area contributed by atoms with Crippen molar-refractivity contribution in [3.63, 3.8) is 0 Å². The average Bonchev–Trinajstić information content (AvgIpc) is 2.38. The molecule has 1 unspecified atom stereocenters. The summed E-state index contributed by atoms with van der Waals surface area (Å²) < 4.78 is 6.45. The maximum Gasteiger partial charge on any atom is 0.396 e. The van der Waals surface area contributed by atoms with Gasteiger partial charge in [0.15, 0.2) is 6.23 Å². The molecule has 5 nitrogen and oxygen atoms in total. The summed E-state index contributed by atoms with van der Waals surface area (Å²) in [6.07, 6.45) is 7.86. The van der Waals surface area contributed by atoms with Gasteiger partial charge in [-0.15, -0.1) is 0 Å². The molecule has 0 bridgehead atoms. The standard InChI is InChI=1S/C12H17N3O2/c1-2-8-14(11-6-3-4-10-17-11)12-13-7-5-9-15(12)16/h2,5,7,9,11H,1,3-4,6,8,10H2. The number of anilines is 1. The van der Waals surface area contributed by atoms with Crippen molar-refractivity contribution in [3.05, 3.63) is 36.3 Å². The van der Waals surface area contributed by atoms with Crippen LogP contribution in [0.3, 0.4) is 0 Å². The van der Waals surface area contributed by atoms with E-state index in [1.165, 1.54) is 6.20 Å². The highest BCUT2D eigenvalue weighted by molar-refractivity contribution is 5.26. The molecule has 0 radical (unpaired) electrons. The molecule has 0 N–H and O–H groups in total. The maximum atomic E-state index is 11.7. The van der Waals surface area contributed by atoms with Crippen LogP contribution in [0.25, 0.3) is 0 Å². The summed E-state index contributed by atoms with van der Waals surface area (Å²) in [7, 11) is 0. The van der Waals surface area contributed by atoms with Crippen molar-refractivity contribution in [1.29, 1.82) is 0 Å². The second kappa shape index (κ2) is 5.63. The third-order valence-electron chi connectivity index (χ3n) is 2.78. The molecule has 1 saturated heterocycles. The molecule has 0 aliphatic carbocycles. The minimum absolute atomic E-state index is 0.0724. The molecule has 0 amide bonds. The summed E-state index contributed by atoms with van der Waals surface area (Å²) in [6, 6.07) is 1.62. The van der Waals surface area contributed by atoms with Crippen LogP contribution in [-0.4, -0.2) is 24.4 Å². The normalized spacial score (nSPS) is 19.9. The molecule has 2 heterocycles. The maximum absolute atomic E-state index is 11.7. The van der Waals surface area contributed by atoms with Gasteiger partial charge in [0.05, 0.1) is 19.3 Å². The van der Waals surface area contributed by atoms with Crippen LogP contribution in [-0.2, 0) is 4.74 Å². The van der Waals surface area contributed by atoms with Crippen molar-refractivity contribution in [3.8, 4) is 0 Å². The molecule has 5 heteroatoms. The molecule has 17 heavy (non-hydrogen) atoms. The zero-order valence-electron chi connectivity index (χ0n) is 9.79. The molecular weight excluding hydrogens is 218 g/mol. The van der Waals surface area contributed by atoms with Gasteiger partial charge in [-0.2, -0.15) is 0 Å². The van der Waals surface area contributed by atoms with Gasteiger partial charge in [0.2, 0.25) is 0 Å². The third-order valence-corrected chi connectivity index (χ3v) is 2.78. The van der Waals surface area contributed by atoms with Crippen LogP contribution in [0.2, 0.25) is 0 Å². The van der Waals surface area contributed by atoms with Gasteiger partial charge >= 0.3 is 5.95 Å². The number of ether oxygens (including phenoxy) is 1. The van der Waals surface area contributed by atoms with Gasteiger partial charge in [0.25, 0.3) is 0 Å². The van der Waals surface area contributed by atoms with Crippen LogP contribution in [0.1, 0.15) is 19.3 Å². The SMILES string of the molecule is C=CCN(c1nccc[n+]1[O-])C1CCCCO1. The summed E-state index contributed by atoms with van der Waals surface area (Å²) in [4.78, 5) is 5.98. The van der Waals surface area contributed by atoms with Crippen LogP contribution < -0.4 is 9.63 Å². The van der Waals surface area contributed by atoms with Gasteiger partial charge in [0.1, 0.15) is 6.20 Å². The Bertz CT molecular complexity index is 378. The summed E-state index contributed by atoms with van der Waals surface area (Å²) in [5.41, 5.74) is 0. The number of rotatable bonds is 4. The van der Waals surface area contributed by atoms with Crippen LogP contribution in [0.4, 0.5) is 5.95 Å². The Hall–Kier alpha value is -1.62. The summed E-state index contributed by atoms with van der Waals surface area (Å²) in [5.74, 6) is 0.374. The first kappa shape index (κ1) is 11.9. The number of hydrogen-bond donors (Lipinski definition) is 0. The van der Waals surface area contributed by atoms with E-state index in [4.69, 9.17) is 4.74 Å². The second-order valence-electron chi connectivity index (χ2n) is 4.01. The highest BCUT2D eigenvalue weighted by Gasteiger charge is 2.29. The van der Waals surface area contributed by atoms with Crippen LogP contribution in [0, 0.1) is 5.21 Å². The van der Waals surface area contributed by atoms with Crippen molar-refractivity contribution in [2.75, 3.05) is 18.1 Å². The lowest BCUT2D eigenvalue weighted by Crippen LogP contribution is -2.47. The van der Waals surface area contributed by atoms with E-state index in [9.17, 15) is 5.21 Å². The lowest BCUT2D eigenvalue weighted by molar-refractivity contribution is -0.595. The monoisotopic (exact) mass is 235 g/mol.